The van der Waals surface area contributed by atoms with E-state index >= 15 is 0 Å². The highest BCUT2D eigenvalue weighted by molar-refractivity contribution is 7.90. The number of carbonyl (C=O) groups excluding carboxylic acids is 1. The second-order valence-electron chi connectivity index (χ2n) is 10.1. The molecule has 0 aliphatic heterocycles. The molecule has 35 heavy (non-hydrogen) atoms. The third-order valence-corrected chi connectivity index (χ3v) is 11.8. The topological polar surface area (TPSA) is 108 Å². The van der Waals surface area contributed by atoms with Crippen molar-refractivity contribution in [2.45, 2.75) is 56.5 Å². The predicted molar refractivity (Wildman–Crippen MR) is 134 cm³/mol. The minimum absolute atomic E-state index is 0.0700. The van der Waals surface area contributed by atoms with Gasteiger partial charge in [-0.1, -0.05) is 26.8 Å². The minimum atomic E-state index is -3.62. The maximum absolute atomic E-state index is 13.7. The minimum Gasteiger partial charge on any atom is -0.414 e. The monoisotopic (exact) mass is 519 g/mol. The standard InChI is InChI=1S/C24H30FN3O5SSi/c1-24(2,3)35(5,6)33-15-20(17-7-8-18(25)21(29)13-17)28-12-10-16(14-22(28)30)19-9-11-26-23(27-19)34(4,31)32/h7-12,14,20H,13,15H2,1-6H3/t20-/m1/s1. The van der Waals surface area contributed by atoms with Crippen molar-refractivity contribution < 1.29 is 22.0 Å². The Morgan fingerprint density at radius 1 is 1.20 bits per heavy atom. The van der Waals surface area contributed by atoms with E-state index in [2.05, 4.69) is 43.8 Å². The summed E-state index contributed by atoms with van der Waals surface area (Å²) < 4.78 is 45.1. The van der Waals surface area contributed by atoms with Crippen LogP contribution in [0.5, 0.6) is 0 Å². The van der Waals surface area contributed by atoms with Gasteiger partial charge in [0, 0.05) is 36.7 Å². The molecule has 1 atom stereocenters. The van der Waals surface area contributed by atoms with Crippen molar-refractivity contribution in [1.82, 2.24) is 14.5 Å². The van der Waals surface area contributed by atoms with E-state index in [0.29, 0.717) is 11.1 Å². The van der Waals surface area contributed by atoms with Crippen molar-refractivity contribution in [2.24, 2.45) is 0 Å². The van der Waals surface area contributed by atoms with Gasteiger partial charge in [-0.15, -0.1) is 0 Å². The number of ketones is 1. The Balaban J connectivity index is 2.02. The third-order valence-electron chi connectivity index (χ3n) is 6.46. The van der Waals surface area contributed by atoms with E-state index in [1.54, 1.807) is 12.3 Å². The number of nitrogens with zero attached hydrogens (tertiary/aromatic N) is 3. The first kappa shape index (κ1) is 26.8. The molecule has 188 valence electrons. The summed E-state index contributed by atoms with van der Waals surface area (Å²) >= 11 is 0. The summed E-state index contributed by atoms with van der Waals surface area (Å²) in [6.07, 6.45) is 6.38. The maximum Gasteiger partial charge on any atom is 0.251 e. The van der Waals surface area contributed by atoms with Crippen molar-refractivity contribution in [2.75, 3.05) is 12.9 Å². The quantitative estimate of drug-likeness (QED) is 0.401. The molecule has 0 radical (unpaired) electrons. The Hall–Kier alpha value is -2.76. The van der Waals surface area contributed by atoms with Crippen molar-refractivity contribution in [3.05, 3.63) is 64.5 Å². The van der Waals surface area contributed by atoms with Crippen molar-refractivity contribution in [1.29, 1.82) is 0 Å². The highest BCUT2D eigenvalue weighted by atomic mass is 32.2. The molecule has 0 unspecified atom stereocenters. The molecule has 0 amide bonds. The van der Waals surface area contributed by atoms with Gasteiger partial charge in [-0.05, 0) is 41.9 Å². The lowest BCUT2D eigenvalue weighted by atomic mass is 9.96. The molecule has 0 N–H and O–H groups in total. The van der Waals surface area contributed by atoms with Crippen LogP contribution in [0.3, 0.4) is 0 Å². The van der Waals surface area contributed by atoms with E-state index in [1.807, 2.05) is 0 Å². The fourth-order valence-electron chi connectivity index (χ4n) is 3.29. The maximum atomic E-state index is 13.7. The molecule has 11 heteroatoms. The van der Waals surface area contributed by atoms with E-state index in [0.717, 1.165) is 12.3 Å². The molecular formula is C24H30FN3O5SSi. The predicted octanol–water partition coefficient (Wildman–Crippen LogP) is 4.02. The summed E-state index contributed by atoms with van der Waals surface area (Å²) in [5, 5.41) is -0.404. The van der Waals surface area contributed by atoms with Crippen molar-refractivity contribution in [3.63, 3.8) is 0 Å². The normalized spacial score (nSPS) is 16.0. The number of sulfone groups is 1. The molecule has 2 aromatic rings. The van der Waals surface area contributed by atoms with Gasteiger partial charge in [0.25, 0.3) is 5.56 Å². The van der Waals surface area contributed by atoms with Crippen LogP contribution in [0.4, 0.5) is 4.39 Å². The van der Waals surface area contributed by atoms with Crippen LogP contribution in [0.25, 0.3) is 11.3 Å². The van der Waals surface area contributed by atoms with E-state index in [1.165, 1.54) is 29.0 Å². The second kappa shape index (κ2) is 9.71. The highest BCUT2D eigenvalue weighted by Crippen LogP contribution is 2.38. The number of halogens is 1. The summed E-state index contributed by atoms with van der Waals surface area (Å²) in [6.45, 7) is 10.6. The smallest absolute Gasteiger partial charge is 0.251 e. The van der Waals surface area contributed by atoms with Crippen LogP contribution in [0.15, 0.2) is 64.1 Å². The Labute approximate surface area is 205 Å². The molecule has 0 fully saturated rings. The van der Waals surface area contributed by atoms with Crippen molar-refractivity contribution >= 4 is 23.9 Å². The molecule has 3 rings (SSSR count). The first-order valence-electron chi connectivity index (χ1n) is 11.1. The van der Waals surface area contributed by atoms with Crippen LogP contribution in [0, 0.1) is 0 Å². The summed E-state index contributed by atoms with van der Waals surface area (Å²) in [5.41, 5.74) is 0.888. The first-order valence-corrected chi connectivity index (χ1v) is 15.9. The molecule has 0 spiro atoms. The Kier molecular flexibility index (Phi) is 7.44. The Bertz CT molecular complexity index is 1370. The number of hydrogen-bond acceptors (Lipinski definition) is 7. The molecule has 2 heterocycles. The van der Waals surface area contributed by atoms with Crippen LogP contribution >= 0.6 is 0 Å². The van der Waals surface area contributed by atoms with Gasteiger partial charge in [0.2, 0.25) is 15.0 Å². The van der Waals surface area contributed by atoms with Gasteiger partial charge in [-0.3, -0.25) is 9.59 Å². The fraction of sp³-hybridized carbons (Fsp3) is 0.417. The van der Waals surface area contributed by atoms with Gasteiger partial charge in [0.05, 0.1) is 18.3 Å². The van der Waals surface area contributed by atoms with Gasteiger partial charge in [-0.2, -0.15) is 0 Å². The van der Waals surface area contributed by atoms with E-state index in [4.69, 9.17) is 4.43 Å². The van der Waals surface area contributed by atoms with E-state index < -0.39 is 41.4 Å². The van der Waals surface area contributed by atoms with Crippen LogP contribution in [-0.4, -0.2) is 49.9 Å². The van der Waals surface area contributed by atoms with Crippen molar-refractivity contribution in [3.8, 4) is 11.3 Å². The molecule has 8 nitrogen and oxygen atoms in total. The molecule has 1 aliphatic rings. The average Bonchev–Trinajstić information content (AvgIpc) is 2.75. The lowest BCUT2D eigenvalue weighted by molar-refractivity contribution is -0.116. The number of rotatable bonds is 7. The molecule has 1 aliphatic carbocycles. The molecular weight excluding hydrogens is 489 g/mol. The third kappa shape index (κ3) is 6.09. The fourth-order valence-corrected chi connectivity index (χ4v) is 4.81. The zero-order valence-electron chi connectivity index (χ0n) is 20.7. The summed E-state index contributed by atoms with van der Waals surface area (Å²) in [7, 11) is -5.81. The van der Waals surface area contributed by atoms with Gasteiger partial charge in [0.1, 0.15) is 0 Å². The second-order valence-corrected chi connectivity index (χ2v) is 16.8. The number of allylic oxidation sites excluding steroid dienone is 3. The van der Waals surface area contributed by atoms with Gasteiger partial charge in [0.15, 0.2) is 19.9 Å². The van der Waals surface area contributed by atoms with Gasteiger partial charge in [-0.25, -0.2) is 22.8 Å². The number of Topliss-reactive ketones (excluding diaryl/α,β-unsaturated/α-hetero) is 1. The van der Waals surface area contributed by atoms with Crippen LogP contribution < -0.4 is 5.56 Å². The van der Waals surface area contributed by atoms with E-state index in [-0.39, 0.29) is 28.9 Å². The van der Waals surface area contributed by atoms with Crippen LogP contribution in [-0.2, 0) is 19.1 Å². The number of hydrogen-bond donors (Lipinski definition) is 0. The molecule has 0 saturated heterocycles. The zero-order chi connectivity index (χ0) is 26.2. The van der Waals surface area contributed by atoms with Gasteiger partial charge >= 0.3 is 0 Å². The largest absolute Gasteiger partial charge is 0.414 e. The summed E-state index contributed by atoms with van der Waals surface area (Å²) in [4.78, 5) is 33.1. The molecule has 2 aromatic heterocycles. The Morgan fingerprint density at radius 2 is 1.89 bits per heavy atom. The zero-order valence-corrected chi connectivity index (χ0v) is 22.5. The lowest BCUT2D eigenvalue weighted by Gasteiger charge is -2.38. The number of aromatic nitrogens is 3. The molecule has 0 saturated carbocycles. The van der Waals surface area contributed by atoms with E-state index in [9.17, 15) is 22.4 Å². The number of pyridine rings is 1. The molecule has 0 bridgehead atoms. The van der Waals surface area contributed by atoms with Gasteiger partial charge < -0.3 is 8.99 Å². The Morgan fingerprint density at radius 3 is 2.46 bits per heavy atom. The number of carbonyl (C=O) groups is 1. The van der Waals surface area contributed by atoms with Crippen LogP contribution in [0.2, 0.25) is 18.1 Å². The SMILES string of the molecule is CC(C)(C)[Si](C)(C)OC[C@H](C1=CC=C(F)C(=O)C1)n1ccc(-c2ccnc(S(C)(=O)=O)n2)cc1=O. The highest BCUT2D eigenvalue weighted by Gasteiger charge is 2.38. The lowest BCUT2D eigenvalue weighted by Crippen LogP contribution is -2.43. The summed E-state index contributed by atoms with van der Waals surface area (Å²) in [6, 6.07) is 3.88. The molecule has 0 aromatic carbocycles. The average molecular weight is 520 g/mol. The summed E-state index contributed by atoms with van der Waals surface area (Å²) in [5.74, 6) is -1.45. The first-order chi connectivity index (χ1) is 16.1. The van der Waals surface area contributed by atoms with Crippen LogP contribution in [0.1, 0.15) is 33.2 Å².